The Morgan fingerprint density at radius 1 is 1.00 bits per heavy atom. The number of benzene rings is 1. The van der Waals surface area contributed by atoms with Crippen LogP contribution >= 0.6 is 0 Å². The van der Waals surface area contributed by atoms with E-state index in [1.807, 2.05) is 0 Å². The third kappa shape index (κ3) is 2.11. The van der Waals surface area contributed by atoms with Crippen molar-refractivity contribution < 1.29 is 22.6 Å². The lowest BCUT2D eigenvalue weighted by molar-refractivity contribution is 0.0269. The first-order valence-corrected chi connectivity index (χ1v) is 8.61. The predicted octanol–water partition coefficient (Wildman–Crippen LogP) is 1.01. The van der Waals surface area contributed by atoms with Gasteiger partial charge in [-0.15, -0.1) is 0 Å². The predicted molar refractivity (Wildman–Crippen MR) is 74.1 cm³/mol. The summed E-state index contributed by atoms with van der Waals surface area (Å²) in [6, 6.07) is 4.75. The molecular formula is C14H17NO5S. The van der Waals surface area contributed by atoms with Crippen molar-refractivity contribution in [2.45, 2.75) is 29.8 Å². The minimum Gasteiger partial charge on any atom is -0.486 e. The van der Waals surface area contributed by atoms with Crippen molar-refractivity contribution in [2.24, 2.45) is 0 Å². The van der Waals surface area contributed by atoms with Crippen LogP contribution in [0.5, 0.6) is 11.5 Å². The van der Waals surface area contributed by atoms with Gasteiger partial charge in [-0.1, -0.05) is 0 Å². The van der Waals surface area contributed by atoms with Crippen LogP contribution < -0.4 is 9.47 Å². The maximum Gasteiger partial charge on any atom is 0.243 e. The van der Waals surface area contributed by atoms with E-state index in [9.17, 15) is 8.42 Å². The Hall–Kier alpha value is -1.31. The van der Waals surface area contributed by atoms with E-state index >= 15 is 0 Å². The average Bonchev–Trinajstić information content (AvgIpc) is 2.78. The number of hydrogen-bond acceptors (Lipinski definition) is 5. The summed E-state index contributed by atoms with van der Waals surface area (Å²) in [5.74, 6) is 1.10. The summed E-state index contributed by atoms with van der Waals surface area (Å²) in [5.41, 5.74) is 0. The van der Waals surface area contributed by atoms with E-state index in [0.717, 1.165) is 12.8 Å². The largest absolute Gasteiger partial charge is 0.486 e. The van der Waals surface area contributed by atoms with Crippen LogP contribution in [0.4, 0.5) is 0 Å². The molecule has 3 aliphatic heterocycles. The van der Waals surface area contributed by atoms with Crippen LogP contribution in [0.1, 0.15) is 12.8 Å². The Labute approximate surface area is 123 Å². The Balaban J connectivity index is 1.71. The maximum absolute atomic E-state index is 12.9. The van der Waals surface area contributed by atoms with Crippen molar-refractivity contribution in [3.8, 4) is 11.5 Å². The molecule has 0 amide bonds. The Morgan fingerprint density at radius 2 is 1.67 bits per heavy atom. The molecule has 7 heteroatoms. The molecule has 3 aliphatic rings. The number of rotatable bonds is 2. The van der Waals surface area contributed by atoms with Gasteiger partial charge in [-0.3, -0.25) is 0 Å². The van der Waals surface area contributed by atoms with E-state index in [-0.39, 0.29) is 17.0 Å². The van der Waals surface area contributed by atoms with Gasteiger partial charge in [0.2, 0.25) is 10.0 Å². The molecule has 0 aliphatic carbocycles. The summed E-state index contributed by atoms with van der Waals surface area (Å²) in [6.07, 6.45) is 1.74. The number of hydrogen-bond donors (Lipinski definition) is 0. The Bertz CT molecular complexity index is 643. The van der Waals surface area contributed by atoms with Crippen molar-refractivity contribution in [3.05, 3.63) is 18.2 Å². The van der Waals surface area contributed by atoms with Gasteiger partial charge in [-0.25, -0.2) is 8.42 Å². The highest BCUT2D eigenvalue weighted by Gasteiger charge is 2.45. The van der Waals surface area contributed by atoms with Crippen LogP contribution in [0.15, 0.2) is 23.1 Å². The van der Waals surface area contributed by atoms with Crippen LogP contribution in [-0.2, 0) is 14.8 Å². The molecule has 6 nitrogen and oxygen atoms in total. The van der Waals surface area contributed by atoms with E-state index < -0.39 is 10.0 Å². The molecule has 0 spiro atoms. The highest BCUT2D eigenvalue weighted by molar-refractivity contribution is 7.89. The van der Waals surface area contributed by atoms with Crippen LogP contribution in [0.25, 0.3) is 0 Å². The summed E-state index contributed by atoms with van der Waals surface area (Å²) in [5, 5.41) is 0. The normalized spacial score (nSPS) is 28.6. The van der Waals surface area contributed by atoms with Gasteiger partial charge in [0.25, 0.3) is 0 Å². The summed E-state index contributed by atoms with van der Waals surface area (Å²) in [6.45, 7) is 1.91. The number of morpholine rings is 1. The topological polar surface area (TPSA) is 65.1 Å². The number of fused-ring (bicyclic) bond motifs is 3. The second-order valence-electron chi connectivity index (χ2n) is 5.56. The molecule has 2 bridgehead atoms. The zero-order valence-electron chi connectivity index (χ0n) is 11.5. The lowest BCUT2D eigenvalue weighted by atomic mass is 10.2. The van der Waals surface area contributed by atoms with E-state index in [1.54, 1.807) is 22.5 Å². The van der Waals surface area contributed by atoms with Gasteiger partial charge in [-0.2, -0.15) is 4.31 Å². The summed E-state index contributed by atoms with van der Waals surface area (Å²) in [4.78, 5) is 0.269. The number of ether oxygens (including phenoxy) is 3. The summed E-state index contributed by atoms with van der Waals surface area (Å²) >= 11 is 0. The third-order valence-corrected chi connectivity index (χ3v) is 6.26. The molecule has 4 rings (SSSR count). The molecule has 1 aromatic carbocycles. The van der Waals surface area contributed by atoms with Crippen LogP contribution in [-0.4, -0.2) is 51.2 Å². The van der Waals surface area contributed by atoms with Gasteiger partial charge < -0.3 is 14.2 Å². The van der Waals surface area contributed by atoms with Gasteiger partial charge in [0.05, 0.1) is 18.1 Å². The molecule has 21 heavy (non-hydrogen) atoms. The van der Waals surface area contributed by atoms with E-state index in [4.69, 9.17) is 14.2 Å². The van der Waals surface area contributed by atoms with Crippen molar-refractivity contribution >= 4 is 10.0 Å². The lowest BCUT2D eigenvalue weighted by Crippen LogP contribution is -2.48. The maximum atomic E-state index is 12.9. The molecule has 2 saturated heterocycles. The number of sulfonamides is 1. The zero-order valence-corrected chi connectivity index (χ0v) is 12.3. The molecule has 3 heterocycles. The van der Waals surface area contributed by atoms with Gasteiger partial charge in [0.15, 0.2) is 11.5 Å². The summed E-state index contributed by atoms with van der Waals surface area (Å²) < 4.78 is 43.8. The molecule has 2 fully saturated rings. The fraction of sp³-hybridized carbons (Fsp3) is 0.571. The minimum atomic E-state index is -3.51. The molecule has 0 aromatic heterocycles. The van der Waals surface area contributed by atoms with Crippen LogP contribution in [0, 0.1) is 0 Å². The fourth-order valence-electron chi connectivity index (χ4n) is 3.29. The van der Waals surface area contributed by atoms with Crippen LogP contribution in [0.3, 0.4) is 0 Å². The monoisotopic (exact) mass is 311 g/mol. The Morgan fingerprint density at radius 3 is 2.38 bits per heavy atom. The van der Waals surface area contributed by atoms with Crippen molar-refractivity contribution in [3.63, 3.8) is 0 Å². The molecule has 0 N–H and O–H groups in total. The molecule has 2 atom stereocenters. The second kappa shape index (κ2) is 4.86. The summed E-state index contributed by atoms with van der Waals surface area (Å²) in [7, 11) is -3.51. The minimum absolute atomic E-state index is 0.0399. The van der Waals surface area contributed by atoms with Crippen LogP contribution in [0.2, 0.25) is 0 Å². The van der Waals surface area contributed by atoms with Gasteiger partial charge >= 0.3 is 0 Å². The van der Waals surface area contributed by atoms with Gasteiger partial charge in [-0.05, 0) is 25.0 Å². The molecule has 0 saturated carbocycles. The van der Waals surface area contributed by atoms with E-state index in [2.05, 4.69) is 0 Å². The fourth-order valence-corrected chi connectivity index (χ4v) is 5.15. The standard InChI is InChI=1S/C14H17NO5S/c16-21(17,15-10-1-2-11(15)9-18-8-10)12-3-4-13-14(7-12)20-6-5-19-13/h3-4,7,10-11H,1-2,5-6,8-9H2/t10-,11+. The first-order valence-electron chi connectivity index (χ1n) is 7.17. The number of nitrogens with zero attached hydrogens (tertiary/aromatic N) is 1. The molecule has 0 radical (unpaired) electrons. The zero-order chi connectivity index (χ0) is 14.4. The van der Waals surface area contributed by atoms with Crippen molar-refractivity contribution in [1.29, 1.82) is 0 Å². The molecule has 0 unspecified atom stereocenters. The van der Waals surface area contributed by atoms with Crippen molar-refractivity contribution in [1.82, 2.24) is 4.31 Å². The Kier molecular flexibility index (Phi) is 3.09. The third-order valence-electron chi connectivity index (χ3n) is 4.26. The highest BCUT2D eigenvalue weighted by atomic mass is 32.2. The smallest absolute Gasteiger partial charge is 0.243 e. The van der Waals surface area contributed by atoms with Gasteiger partial charge in [0.1, 0.15) is 13.2 Å². The molecule has 1 aromatic rings. The lowest BCUT2D eigenvalue weighted by Gasteiger charge is -2.33. The average molecular weight is 311 g/mol. The highest BCUT2D eigenvalue weighted by Crippen LogP contribution is 2.37. The van der Waals surface area contributed by atoms with Gasteiger partial charge in [0, 0.05) is 18.2 Å². The SMILES string of the molecule is O=S(=O)(c1ccc2c(c1)OCCO2)N1[C@@H]2CC[C@H]1COC2. The first kappa shape index (κ1) is 13.4. The quantitative estimate of drug-likeness (QED) is 0.815. The molecule has 114 valence electrons. The van der Waals surface area contributed by atoms with Crippen molar-refractivity contribution in [2.75, 3.05) is 26.4 Å². The van der Waals surface area contributed by atoms with E-state index in [1.165, 1.54) is 0 Å². The molecular weight excluding hydrogens is 294 g/mol. The van der Waals surface area contributed by atoms with E-state index in [0.29, 0.717) is 37.9 Å². The second-order valence-corrected chi connectivity index (χ2v) is 7.41. The first-order chi connectivity index (χ1) is 10.2.